The van der Waals surface area contributed by atoms with Crippen molar-refractivity contribution in [3.8, 4) is 0 Å². The van der Waals surface area contributed by atoms with Gasteiger partial charge in [0.2, 0.25) is 5.91 Å². The van der Waals surface area contributed by atoms with Crippen LogP contribution >= 0.6 is 11.6 Å². The van der Waals surface area contributed by atoms with Crippen LogP contribution in [0.4, 0.5) is 17.6 Å². The highest BCUT2D eigenvalue weighted by Gasteiger charge is 2.65. The molecule has 0 radical (unpaired) electrons. The number of likely N-dealkylation sites (tertiary alicyclic amines) is 1. The fraction of sp³-hybridized carbons (Fsp3) is 0.379. The van der Waals surface area contributed by atoms with Gasteiger partial charge in [-0.05, 0) is 61.1 Å². The molecular formula is C29H25ClF4N4O5. The van der Waals surface area contributed by atoms with E-state index in [0.29, 0.717) is 0 Å². The third-order valence-corrected chi connectivity index (χ3v) is 8.56. The van der Waals surface area contributed by atoms with Gasteiger partial charge in [0.25, 0.3) is 5.91 Å². The highest BCUT2D eigenvalue weighted by atomic mass is 35.5. The van der Waals surface area contributed by atoms with Gasteiger partial charge in [0, 0.05) is 47.4 Å². The minimum absolute atomic E-state index is 0.0231. The molecule has 3 fully saturated rings. The minimum atomic E-state index is -4.63. The highest BCUT2D eigenvalue weighted by Crippen LogP contribution is 2.60. The summed E-state index contributed by atoms with van der Waals surface area (Å²) in [4.78, 5) is 54.4. The number of rotatable bonds is 5. The van der Waals surface area contributed by atoms with Gasteiger partial charge in [-0.25, -0.2) is 9.38 Å². The van der Waals surface area contributed by atoms with Gasteiger partial charge in [0.05, 0.1) is 27.8 Å². The van der Waals surface area contributed by atoms with Crippen molar-refractivity contribution in [1.29, 1.82) is 0 Å². The number of aliphatic imine (C=N–C) groups is 1. The van der Waals surface area contributed by atoms with E-state index >= 15 is 4.39 Å². The number of nitrogens with two attached hydrogens (primary N) is 1. The van der Waals surface area contributed by atoms with Crippen molar-refractivity contribution < 1.29 is 37.1 Å². The Labute approximate surface area is 247 Å². The molecule has 0 aromatic heterocycles. The zero-order chi connectivity index (χ0) is 31.3. The summed E-state index contributed by atoms with van der Waals surface area (Å²) in [5.74, 6) is -4.21. The number of amides is 3. The van der Waals surface area contributed by atoms with Gasteiger partial charge in [-0.1, -0.05) is 23.7 Å². The van der Waals surface area contributed by atoms with E-state index in [2.05, 4.69) is 10.2 Å². The first-order valence-corrected chi connectivity index (χ1v) is 13.8. The number of halogens is 5. The monoisotopic (exact) mass is 620 g/mol. The summed E-state index contributed by atoms with van der Waals surface area (Å²) in [5.41, 5.74) is 2.91. The summed E-state index contributed by atoms with van der Waals surface area (Å²) < 4.78 is 57.2. The van der Waals surface area contributed by atoms with Crippen LogP contribution in [-0.2, 0) is 10.2 Å². The number of nitrogens with zero attached hydrogens (tertiary/aromatic N) is 3. The van der Waals surface area contributed by atoms with Crippen molar-refractivity contribution >= 4 is 40.7 Å². The Balaban J connectivity index is 1.58. The molecule has 1 unspecified atom stereocenters. The van der Waals surface area contributed by atoms with Crippen molar-refractivity contribution in [2.45, 2.75) is 49.8 Å². The molecule has 2 aromatic rings. The Morgan fingerprint density at radius 3 is 2.37 bits per heavy atom. The van der Waals surface area contributed by atoms with E-state index in [4.69, 9.17) is 17.3 Å². The molecule has 226 valence electrons. The molecular weight excluding hydrogens is 596 g/mol. The normalized spacial score (nSPS) is 22.1. The zero-order valence-electron chi connectivity index (χ0n) is 22.5. The lowest BCUT2D eigenvalue weighted by atomic mass is 9.81. The molecule has 3 amide bonds. The number of hydrogen-bond donors (Lipinski definition) is 2. The van der Waals surface area contributed by atoms with Gasteiger partial charge in [-0.2, -0.15) is 13.2 Å². The van der Waals surface area contributed by atoms with Crippen molar-refractivity contribution in [3.63, 3.8) is 0 Å². The van der Waals surface area contributed by atoms with Crippen LogP contribution in [-0.4, -0.2) is 58.8 Å². The third-order valence-electron chi connectivity index (χ3n) is 8.24. The van der Waals surface area contributed by atoms with Gasteiger partial charge in [-0.15, -0.1) is 4.91 Å². The fourth-order valence-corrected chi connectivity index (χ4v) is 5.92. The number of nitroso groups, excluding NO2 is 1. The highest BCUT2D eigenvalue weighted by molar-refractivity contribution is 6.34. The van der Waals surface area contributed by atoms with E-state index in [1.165, 1.54) is 23.1 Å². The van der Waals surface area contributed by atoms with Crippen LogP contribution in [0.15, 0.2) is 52.1 Å². The summed E-state index contributed by atoms with van der Waals surface area (Å²) in [6.07, 6.45) is -5.57. The Morgan fingerprint density at radius 1 is 1.09 bits per heavy atom. The van der Waals surface area contributed by atoms with Crippen LogP contribution < -0.4 is 5.73 Å². The Morgan fingerprint density at radius 2 is 1.79 bits per heavy atom. The van der Waals surface area contributed by atoms with Crippen LogP contribution in [0.5, 0.6) is 0 Å². The molecule has 0 bridgehead atoms. The van der Waals surface area contributed by atoms with Gasteiger partial charge in [-0.3, -0.25) is 14.4 Å². The lowest BCUT2D eigenvalue weighted by Gasteiger charge is -2.39. The van der Waals surface area contributed by atoms with Crippen LogP contribution in [0.1, 0.15) is 63.9 Å². The van der Waals surface area contributed by atoms with Gasteiger partial charge in [0.15, 0.2) is 0 Å². The number of allylic oxidation sites excluding steroid dienone is 1. The summed E-state index contributed by atoms with van der Waals surface area (Å²) in [5, 5.41) is 11.6. The summed E-state index contributed by atoms with van der Waals surface area (Å²) >= 11 is 6.27. The van der Waals surface area contributed by atoms with E-state index < -0.39 is 46.8 Å². The molecule has 1 saturated heterocycles. The van der Waals surface area contributed by atoms with Gasteiger partial charge < -0.3 is 15.7 Å². The predicted octanol–water partition coefficient (Wildman–Crippen LogP) is 4.93. The number of β-amino-alcohol motifs (C(OH)–C–C–N with tert-alkyl or cyclic N) is 1. The molecule has 5 rings (SSSR count). The van der Waals surface area contributed by atoms with Crippen molar-refractivity contribution in [2.75, 3.05) is 13.1 Å². The average Bonchev–Trinajstić information content (AvgIpc) is 3.76. The lowest BCUT2D eigenvalue weighted by Crippen LogP contribution is -2.55. The minimum Gasteiger partial charge on any atom is -0.398 e. The molecule has 2 aliphatic carbocycles. The summed E-state index contributed by atoms with van der Waals surface area (Å²) in [6, 6.07) is 6.88. The molecule has 3 N–H and O–H groups in total. The van der Waals surface area contributed by atoms with E-state index in [-0.39, 0.29) is 89.8 Å². The SMILES string of the molecule is NC(=C1CCC(C(=O)N2CC(O)C2)CC1=NC(=O)c1c(Cl)cccc1C1(C(F)(F)F)CC1)c1ccc(C(=O)N=O)cc1F. The Kier molecular flexibility index (Phi) is 7.99. The van der Waals surface area contributed by atoms with Crippen molar-refractivity contribution in [3.05, 3.63) is 80.0 Å². The number of benzene rings is 2. The van der Waals surface area contributed by atoms with Crippen LogP contribution in [0, 0.1) is 16.6 Å². The third kappa shape index (κ3) is 5.58. The van der Waals surface area contributed by atoms with Gasteiger partial charge >= 0.3 is 12.1 Å². The Hall–Kier alpha value is -3.97. The van der Waals surface area contributed by atoms with E-state index in [1.807, 2.05) is 0 Å². The molecule has 3 aliphatic rings. The lowest BCUT2D eigenvalue weighted by molar-refractivity contribution is -0.160. The average molecular weight is 621 g/mol. The quantitative estimate of drug-likeness (QED) is 0.358. The van der Waals surface area contributed by atoms with E-state index in [9.17, 15) is 37.6 Å². The first-order chi connectivity index (χ1) is 20.3. The van der Waals surface area contributed by atoms with Crippen molar-refractivity contribution in [2.24, 2.45) is 21.8 Å². The zero-order valence-corrected chi connectivity index (χ0v) is 23.2. The molecule has 9 nitrogen and oxygen atoms in total. The predicted molar refractivity (Wildman–Crippen MR) is 148 cm³/mol. The molecule has 2 aromatic carbocycles. The maximum Gasteiger partial charge on any atom is 0.398 e. The van der Waals surface area contributed by atoms with Crippen molar-refractivity contribution in [1.82, 2.24) is 4.90 Å². The molecule has 1 heterocycles. The number of aliphatic hydroxyl groups is 1. The molecule has 1 aliphatic heterocycles. The number of carbonyl (C=O) groups is 3. The molecule has 14 heteroatoms. The maximum atomic E-state index is 15.0. The second-order valence-electron chi connectivity index (χ2n) is 10.9. The second-order valence-corrected chi connectivity index (χ2v) is 11.3. The molecule has 2 saturated carbocycles. The van der Waals surface area contributed by atoms with Crippen LogP contribution in [0.25, 0.3) is 5.70 Å². The van der Waals surface area contributed by atoms with Crippen LogP contribution in [0.2, 0.25) is 5.02 Å². The summed E-state index contributed by atoms with van der Waals surface area (Å²) in [7, 11) is 0. The molecule has 0 spiro atoms. The van der Waals surface area contributed by atoms with Crippen LogP contribution in [0.3, 0.4) is 0 Å². The first-order valence-electron chi connectivity index (χ1n) is 13.4. The number of carbonyl (C=O) groups excluding carboxylic acids is 3. The largest absolute Gasteiger partial charge is 0.398 e. The maximum absolute atomic E-state index is 15.0. The van der Waals surface area contributed by atoms with Gasteiger partial charge in [0.1, 0.15) is 5.82 Å². The fourth-order valence-electron chi connectivity index (χ4n) is 5.66. The number of hydrogen-bond acceptors (Lipinski definition) is 6. The first kappa shape index (κ1) is 30.5. The number of aliphatic hydroxyl groups excluding tert-OH is 1. The summed E-state index contributed by atoms with van der Waals surface area (Å²) in [6.45, 7) is 0.278. The topological polar surface area (TPSA) is 142 Å². The smallest absolute Gasteiger partial charge is 0.398 e. The van der Waals surface area contributed by atoms with E-state index in [0.717, 1.165) is 18.2 Å². The van der Waals surface area contributed by atoms with E-state index in [1.54, 1.807) is 0 Å². The molecule has 43 heavy (non-hydrogen) atoms. The second kappa shape index (κ2) is 11.3. The Bertz CT molecular complexity index is 1600. The standard InChI is InChI=1S/C29H25ClF4N4O5/c30-20-3-1-2-19(28(8-9-28)29(32,33)34)23(20)26(41)36-22-11-15(27(42)38-12-16(39)13-38)5-7-18(22)24(35)17-6-4-14(10-21(17)31)25(40)37-43/h1-4,6,10,15-16,39H,5,7-9,11-13,35H2. The number of alkyl halides is 3. The molecule has 1 atom stereocenters.